The molecule has 0 radical (unpaired) electrons. The molecule has 0 bridgehead atoms. The quantitative estimate of drug-likeness (QED) is 0.427. The van der Waals surface area contributed by atoms with E-state index in [0.717, 1.165) is 0 Å². The third-order valence-corrected chi connectivity index (χ3v) is 3.65. The molecule has 0 aromatic heterocycles. The SMILES string of the molecule is COCC(OC)C1OCCC(Br)C1[N+](=O)[O-]. The molecule has 94 valence electrons. The zero-order valence-electron chi connectivity index (χ0n) is 9.30. The van der Waals surface area contributed by atoms with Crippen molar-refractivity contribution in [2.24, 2.45) is 0 Å². The van der Waals surface area contributed by atoms with Gasteiger partial charge in [-0.25, -0.2) is 0 Å². The van der Waals surface area contributed by atoms with E-state index in [2.05, 4.69) is 15.9 Å². The van der Waals surface area contributed by atoms with Crippen LogP contribution >= 0.6 is 15.9 Å². The number of rotatable bonds is 5. The van der Waals surface area contributed by atoms with Gasteiger partial charge < -0.3 is 14.2 Å². The monoisotopic (exact) mass is 297 g/mol. The number of halogens is 1. The molecule has 1 rings (SSSR count). The molecule has 1 heterocycles. The standard InChI is InChI=1S/C9H16BrNO5/c1-14-5-7(15-2)9-8(11(12)13)6(10)3-4-16-9/h6-9H,3-5H2,1-2H3. The van der Waals surface area contributed by atoms with Gasteiger partial charge in [0.05, 0.1) is 11.4 Å². The van der Waals surface area contributed by atoms with Crippen molar-refractivity contribution in [3.8, 4) is 0 Å². The van der Waals surface area contributed by atoms with E-state index < -0.39 is 18.2 Å². The number of nitrogens with zero attached hydrogens (tertiary/aromatic N) is 1. The van der Waals surface area contributed by atoms with E-state index in [1.54, 1.807) is 0 Å². The third kappa shape index (κ3) is 3.13. The second-order valence-electron chi connectivity index (χ2n) is 3.65. The molecule has 1 aliphatic heterocycles. The fourth-order valence-electron chi connectivity index (χ4n) is 1.83. The van der Waals surface area contributed by atoms with Gasteiger partial charge in [0, 0.05) is 25.7 Å². The molecule has 0 aromatic carbocycles. The maximum Gasteiger partial charge on any atom is 0.253 e. The van der Waals surface area contributed by atoms with Crippen LogP contribution in [-0.4, -0.2) is 55.4 Å². The molecule has 1 fully saturated rings. The molecule has 0 amide bonds. The lowest BCUT2D eigenvalue weighted by atomic mass is 9.98. The van der Waals surface area contributed by atoms with Crippen molar-refractivity contribution in [1.82, 2.24) is 0 Å². The highest BCUT2D eigenvalue weighted by Crippen LogP contribution is 2.26. The average molecular weight is 298 g/mol. The van der Waals surface area contributed by atoms with Crippen molar-refractivity contribution in [2.75, 3.05) is 27.4 Å². The second kappa shape index (κ2) is 6.48. The number of methoxy groups -OCH3 is 2. The molecule has 0 saturated carbocycles. The molecule has 7 heteroatoms. The minimum Gasteiger partial charge on any atom is -0.382 e. The first-order valence-electron chi connectivity index (χ1n) is 5.02. The Kier molecular flexibility index (Phi) is 5.60. The van der Waals surface area contributed by atoms with Gasteiger partial charge in [-0.1, -0.05) is 15.9 Å². The summed E-state index contributed by atoms with van der Waals surface area (Å²) in [6, 6.07) is -0.797. The van der Waals surface area contributed by atoms with E-state index in [1.165, 1.54) is 14.2 Å². The summed E-state index contributed by atoms with van der Waals surface area (Å²) in [4.78, 5) is 10.5. The molecule has 6 nitrogen and oxygen atoms in total. The summed E-state index contributed by atoms with van der Waals surface area (Å²) in [5.74, 6) is 0. The van der Waals surface area contributed by atoms with Crippen LogP contribution in [-0.2, 0) is 14.2 Å². The summed E-state index contributed by atoms with van der Waals surface area (Å²) in [6.45, 7) is 0.778. The van der Waals surface area contributed by atoms with Gasteiger partial charge in [0.1, 0.15) is 6.10 Å². The van der Waals surface area contributed by atoms with E-state index in [1.807, 2.05) is 0 Å². The molecular weight excluding hydrogens is 282 g/mol. The Morgan fingerprint density at radius 1 is 1.62 bits per heavy atom. The number of hydrogen-bond acceptors (Lipinski definition) is 5. The van der Waals surface area contributed by atoms with Crippen molar-refractivity contribution in [2.45, 2.75) is 29.5 Å². The van der Waals surface area contributed by atoms with E-state index in [0.29, 0.717) is 13.0 Å². The van der Waals surface area contributed by atoms with Crippen LogP contribution in [0.1, 0.15) is 6.42 Å². The Morgan fingerprint density at radius 3 is 2.81 bits per heavy atom. The van der Waals surface area contributed by atoms with Crippen molar-refractivity contribution in [3.63, 3.8) is 0 Å². The Balaban J connectivity index is 2.76. The maximum atomic E-state index is 11.0. The number of alkyl halides is 1. The molecule has 4 unspecified atom stereocenters. The minimum atomic E-state index is -0.797. The highest BCUT2D eigenvalue weighted by molar-refractivity contribution is 9.09. The van der Waals surface area contributed by atoms with Crippen molar-refractivity contribution < 1.29 is 19.1 Å². The maximum absolute atomic E-state index is 11.0. The van der Waals surface area contributed by atoms with E-state index >= 15 is 0 Å². The summed E-state index contributed by atoms with van der Waals surface area (Å²) in [5.41, 5.74) is 0. The summed E-state index contributed by atoms with van der Waals surface area (Å²) >= 11 is 3.33. The average Bonchev–Trinajstić information content (AvgIpc) is 2.25. The van der Waals surface area contributed by atoms with Crippen LogP contribution in [0.5, 0.6) is 0 Å². The smallest absolute Gasteiger partial charge is 0.253 e. The Hall–Kier alpha value is -0.240. The molecule has 4 atom stereocenters. The topological polar surface area (TPSA) is 70.8 Å². The van der Waals surface area contributed by atoms with Gasteiger partial charge in [-0.3, -0.25) is 10.1 Å². The van der Waals surface area contributed by atoms with Crippen molar-refractivity contribution >= 4 is 15.9 Å². The fourth-order valence-corrected chi connectivity index (χ4v) is 2.51. The van der Waals surface area contributed by atoms with E-state index in [9.17, 15) is 10.1 Å². The van der Waals surface area contributed by atoms with Crippen LogP contribution < -0.4 is 0 Å². The van der Waals surface area contributed by atoms with Crippen molar-refractivity contribution in [1.29, 1.82) is 0 Å². The lowest BCUT2D eigenvalue weighted by Gasteiger charge is -2.33. The van der Waals surface area contributed by atoms with Gasteiger partial charge in [0.25, 0.3) is 6.04 Å². The van der Waals surface area contributed by atoms with Crippen LogP contribution in [0.4, 0.5) is 0 Å². The summed E-state index contributed by atoms with van der Waals surface area (Å²) in [6.07, 6.45) is -0.357. The normalized spacial score (nSPS) is 32.3. The molecular formula is C9H16BrNO5. The fraction of sp³-hybridized carbons (Fsp3) is 1.00. The lowest BCUT2D eigenvalue weighted by Crippen LogP contribution is -2.54. The molecule has 16 heavy (non-hydrogen) atoms. The van der Waals surface area contributed by atoms with Crippen LogP contribution in [0.3, 0.4) is 0 Å². The van der Waals surface area contributed by atoms with Crippen molar-refractivity contribution in [3.05, 3.63) is 10.1 Å². The van der Waals surface area contributed by atoms with E-state index in [-0.39, 0.29) is 16.4 Å². The Morgan fingerprint density at radius 2 is 2.31 bits per heavy atom. The van der Waals surface area contributed by atoms with Crippen LogP contribution in [0.15, 0.2) is 0 Å². The van der Waals surface area contributed by atoms with Gasteiger partial charge in [-0.15, -0.1) is 0 Å². The van der Waals surface area contributed by atoms with Crippen LogP contribution in [0.25, 0.3) is 0 Å². The van der Waals surface area contributed by atoms with Gasteiger partial charge in [-0.05, 0) is 6.42 Å². The molecule has 1 aliphatic rings. The minimum absolute atomic E-state index is 0.184. The van der Waals surface area contributed by atoms with Crippen LogP contribution in [0.2, 0.25) is 0 Å². The summed E-state index contributed by atoms with van der Waals surface area (Å²) in [5, 5.41) is 11.0. The second-order valence-corrected chi connectivity index (χ2v) is 4.82. The molecule has 0 spiro atoms. The number of ether oxygens (including phenoxy) is 3. The number of hydrogen-bond donors (Lipinski definition) is 0. The summed E-state index contributed by atoms with van der Waals surface area (Å²) in [7, 11) is 3.03. The Labute approximate surface area is 103 Å². The predicted molar refractivity (Wildman–Crippen MR) is 60.5 cm³/mol. The lowest BCUT2D eigenvalue weighted by molar-refractivity contribution is -0.541. The number of nitro groups is 1. The van der Waals surface area contributed by atoms with Crippen LogP contribution in [0, 0.1) is 10.1 Å². The predicted octanol–water partition coefficient (Wildman–Crippen LogP) is 0.846. The highest BCUT2D eigenvalue weighted by atomic mass is 79.9. The van der Waals surface area contributed by atoms with Gasteiger partial charge in [-0.2, -0.15) is 0 Å². The van der Waals surface area contributed by atoms with Gasteiger partial charge >= 0.3 is 0 Å². The first-order chi connectivity index (χ1) is 7.61. The molecule has 0 aromatic rings. The highest BCUT2D eigenvalue weighted by Gasteiger charge is 2.46. The largest absolute Gasteiger partial charge is 0.382 e. The molecule has 0 aliphatic carbocycles. The third-order valence-electron chi connectivity index (χ3n) is 2.65. The zero-order chi connectivity index (χ0) is 12.1. The zero-order valence-corrected chi connectivity index (χ0v) is 10.9. The first kappa shape index (κ1) is 13.8. The molecule has 0 N–H and O–H groups in total. The summed E-state index contributed by atoms with van der Waals surface area (Å²) < 4.78 is 15.6. The van der Waals surface area contributed by atoms with Gasteiger partial charge in [0.2, 0.25) is 0 Å². The molecule has 1 saturated heterocycles. The first-order valence-corrected chi connectivity index (χ1v) is 5.94. The van der Waals surface area contributed by atoms with E-state index in [4.69, 9.17) is 14.2 Å². The Bertz CT molecular complexity index is 240. The van der Waals surface area contributed by atoms with Gasteiger partial charge in [0.15, 0.2) is 6.10 Å².